The Morgan fingerprint density at radius 1 is 1.12 bits per heavy atom. The van der Waals surface area contributed by atoms with Gasteiger partial charge in [-0.3, -0.25) is 0 Å². The van der Waals surface area contributed by atoms with Gasteiger partial charge in [0.05, 0.1) is 5.60 Å². The van der Waals surface area contributed by atoms with Crippen molar-refractivity contribution in [2.75, 3.05) is 19.7 Å². The second-order valence-corrected chi connectivity index (χ2v) is 5.35. The molecule has 0 spiro atoms. The third-order valence-corrected chi connectivity index (χ3v) is 3.51. The molecule has 1 aliphatic heterocycles. The molecule has 2 heteroatoms. The Kier molecular flexibility index (Phi) is 7.06. The standard InChI is InChI=1S/C14H29NO/c1-3-4-5-6-7-8-12-16-14(2)10-9-11-15-13-14/h15H,3-13H2,1-2H3. The lowest BCUT2D eigenvalue weighted by Gasteiger charge is -2.34. The van der Waals surface area contributed by atoms with Crippen molar-refractivity contribution in [3.8, 4) is 0 Å². The van der Waals surface area contributed by atoms with E-state index in [1.807, 2.05) is 0 Å². The van der Waals surface area contributed by atoms with Gasteiger partial charge in [0.15, 0.2) is 0 Å². The van der Waals surface area contributed by atoms with Crippen molar-refractivity contribution < 1.29 is 4.74 Å². The summed E-state index contributed by atoms with van der Waals surface area (Å²) in [5.74, 6) is 0. The van der Waals surface area contributed by atoms with Crippen molar-refractivity contribution in [3.63, 3.8) is 0 Å². The fraction of sp³-hybridized carbons (Fsp3) is 1.00. The number of hydrogen-bond donors (Lipinski definition) is 1. The molecule has 96 valence electrons. The lowest BCUT2D eigenvalue weighted by Crippen LogP contribution is -2.45. The Morgan fingerprint density at radius 3 is 2.56 bits per heavy atom. The van der Waals surface area contributed by atoms with Gasteiger partial charge >= 0.3 is 0 Å². The van der Waals surface area contributed by atoms with E-state index in [0.29, 0.717) is 0 Å². The maximum absolute atomic E-state index is 6.01. The molecule has 0 aromatic rings. The Balaban J connectivity index is 1.93. The molecule has 16 heavy (non-hydrogen) atoms. The van der Waals surface area contributed by atoms with Gasteiger partial charge in [0.2, 0.25) is 0 Å². The molecule has 0 radical (unpaired) electrons. The first-order valence-corrected chi connectivity index (χ1v) is 7.11. The highest BCUT2D eigenvalue weighted by Crippen LogP contribution is 2.20. The molecule has 1 atom stereocenters. The Hall–Kier alpha value is -0.0800. The highest BCUT2D eigenvalue weighted by molar-refractivity contribution is 4.82. The van der Waals surface area contributed by atoms with E-state index in [-0.39, 0.29) is 5.60 Å². The summed E-state index contributed by atoms with van der Waals surface area (Å²) in [6.45, 7) is 7.65. The van der Waals surface area contributed by atoms with E-state index in [2.05, 4.69) is 19.2 Å². The summed E-state index contributed by atoms with van der Waals surface area (Å²) in [6.07, 6.45) is 10.6. The first-order chi connectivity index (χ1) is 7.77. The van der Waals surface area contributed by atoms with Crippen LogP contribution in [0.5, 0.6) is 0 Å². The van der Waals surface area contributed by atoms with Crippen LogP contribution >= 0.6 is 0 Å². The van der Waals surface area contributed by atoms with Crippen LogP contribution in [0.3, 0.4) is 0 Å². The molecule has 0 aliphatic carbocycles. The molecule has 1 N–H and O–H groups in total. The molecule has 1 rings (SSSR count). The van der Waals surface area contributed by atoms with E-state index in [4.69, 9.17) is 4.74 Å². The summed E-state index contributed by atoms with van der Waals surface area (Å²) in [5.41, 5.74) is 0.113. The monoisotopic (exact) mass is 227 g/mol. The van der Waals surface area contributed by atoms with Gasteiger partial charge in [-0.2, -0.15) is 0 Å². The van der Waals surface area contributed by atoms with Crippen LogP contribution in [-0.2, 0) is 4.74 Å². The van der Waals surface area contributed by atoms with Crippen LogP contribution in [0.25, 0.3) is 0 Å². The SMILES string of the molecule is CCCCCCCCOC1(C)CCCNC1. The first-order valence-electron chi connectivity index (χ1n) is 7.11. The second-order valence-electron chi connectivity index (χ2n) is 5.35. The smallest absolute Gasteiger partial charge is 0.0778 e. The average molecular weight is 227 g/mol. The van der Waals surface area contributed by atoms with Crippen molar-refractivity contribution in [2.45, 2.75) is 70.8 Å². The third-order valence-electron chi connectivity index (χ3n) is 3.51. The van der Waals surface area contributed by atoms with Gasteiger partial charge in [0.25, 0.3) is 0 Å². The summed E-state index contributed by atoms with van der Waals surface area (Å²) in [7, 11) is 0. The highest BCUT2D eigenvalue weighted by Gasteiger charge is 2.26. The molecular weight excluding hydrogens is 198 g/mol. The van der Waals surface area contributed by atoms with Gasteiger partial charge in [-0.25, -0.2) is 0 Å². The molecule has 1 heterocycles. The maximum atomic E-state index is 6.01. The molecule has 2 nitrogen and oxygen atoms in total. The van der Waals surface area contributed by atoms with Crippen molar-refractivity contribution in [3.05, 3.63) is 0 Å². The van der Waals surface area contributed by atoms with Crippen LogP contribution < -0.4 is 5.32 Å². The molecule has 0 saturated carbocycles. The molecule has 1 aliphatic rings. The van der Waals surface area contributed by atoms with E-state index in [1.54, 1.807) is 0 Å². The molecule has 0 aromatic heterocycles. The molecule has 1 fully saturated rings. The molecule has 1 saturated heterocycles. The van der Waals surface area contributed by atoms with Crippen molar-refractivity contribution >= 4 is 0 Å². The fourth-order valence-corrected chi connectivity index (χ4v) is 2.35. The summed E-state index contributed by atoms with van der Waals surface area (Å²) in [5, 5.41) is 3.42. The zero-order valence-electron chi connectivity index (χ0n) is 11.2. The van der Waals surface area contributed by atoms with Crippen LogP contribution in [0.1, 0.15) is 65.2 Å². The Labute approximate surface area is 101 Å². The lowest BCUT2D eigenvalue weighted by atomic mass is 9.96. The van der Waals surface area contributed by atoms with E-state index >= 15 is 0 Å². The van der Waals surface area contributed by atoms with E-state index < -0.39 is 0 Å². The van der Waals surface area contributed by atoms with Crippen molar-refractivity contribution in [1.82, 2.24) is 5.32 Å². The van der Waals surface area contributed by atoms with Crippen molar-refractivity contribution in [1.29, 1.82) is 0 Å². The number of rotatable bonds is 8. The molecule has 0 aromatic carbocycles. The molecular formula is C14H29NO. The minimum Gasteiger partial charge on any atom is -0.374 e. The van der Waals surface area contributed by atoms with Gasteiger partial charge in [-0.05, 0) is 32.7 Å². The normalized spacial score (nSPS) is 25.9. The lowest BCUT2D eigenvalue weighted by molar-refractivity contribution is -0.0478. The summed E-state index contributed by atoms with van der Waals surface area (Å²) < 4.78 is 6.01. The van der Waals surface area contributed by atoms with Crippen LogP contribution in [0.15, 0.2) is 0 Å². The van der Waals surface area contributed by atoms with Gasteiger partial charge in [0.1, 0.15) is 0 Å². The Bertz CT molecular complexity index is 164. The van der Waals surface area contributed by atoms with E-state index in [1.165, 1.54) is 51.4 Å². The topological polar surface area (TPSA) is 21.3 Å². The summed E-state index contributed by atoms with van der Waals surface area (Å²) >= 11 is 0. The minimum atomic E-state index is 0.113. The van der Waals surface area contributed by atoms with E-state index in [0.717, 1.165) is 19.7 Å². The number of piperidine rings is 1. The second kappa shape index (κ2) is 8.08. The minimum absolute atomic E-state index is 0.113. The molecule has 0 bridgehead atoms. The zero-order chi connectivity index (χ0) is 11.7. The molecule has 1 unspecified atom stereocenters. The zero-order valence-corrected chi connectivity index (χ0v) is 11.2. The van der Waals surface area contributed by atoms with Crippen molar-refractivity contribution in [2.24, 2.45) is 0 Å². The van der Waals surface area contributed by atoms with Gasteiger partial charge in [0, 0.05) is 13.2 Å². The number of unbranched alkanes of at least 4 members (excludes halogenated alkanes) is 5. The average Bonchev–Trinajstić information content (AvgIpc) is 2.29. The Morgan fingerprint density at radius 2 is 1.88 bits per heavy atom. The number of ether oxygens (including phenoxy) is 1. The summed E-state index contributed by atoms with van der Waals surface area (Å²) in [6, 6.07) is 0. The van der Waals surface area contributed by atoms with Crippen LogP contribution in [0.2, 0.25) is 0 Å². The van der Waals surface area contributed by atoms with Gasteiger partial charge in [-0.15, -0.1) is 0 Å². The maximum Gasteiger partial charge on any atom is 0.0778 e. The molecule has 0 amide bonds. The van der Waals surface area contributed by atoms with Crippen LogP contribution in [0.4, 0.5) is 0 Å². The number of nitrogens with one attached hydrogen (secondary N) is 1. The highest BCUT2D eigenvalue weighted by atomic mass is 16.5. The predicted molar refractivity (Wildman–Crippen MR) is 69.8 cm³/mol. The van der Waals surface area contributed by atoms with Gasteiger partial charge in [-0.1, -0.05) is 39.0 Å². The van der Waals surface area contributed by atoms with E-state index in [9.17, 15) is 0 Å². The van der Waals surface area contributed by atoms with Crippen LogP contribution in [-0.4, -0.2) is 25.3 Å². The number of hydrogen-bond acceptors (Lipinski definition) is 2. The largest absolute Gasteiger partial charge is 0.374 e. The van der Waals surface area contributed by atoms with Gasteiger partial charge < -0.3 is 10.1 Å². The summed E-state index contributed by atoms with van der Waals surface area (Å²) in [4.78, 5) is 0. The van der Waals surface area contributed by atoms with Crippen LogP contribution in [0, 0.1) is 0 Å². The fourth-order valence-electron chi connectivity index (χ4n) is 2.35. The third kappa shape index (κ3) is 5.86. The quantitative estimate of drug-likeness (QED) is 0.641. The first kappa shape index (κ1) is 14.0. The predicted octanol–water partition coefficient (Wildman–Crippen LogP) is 3.51.